The van der Waals surface area contributed by atoms with Gasteiger partial charge in [-0.25, -0.2) is 4.79 Å². The Kier molecular flexibility index (Phi) is 7.57. The van der Waals surface area contributed by atoms with E-state index in [0.717, 1.165) is 12.8 Å². The Labute approximate surface area is 135 Å². The third-order valence-electron chi connectivity index (χ3n) is 3.66. The lowest BCUT2D eigenvalue weighted by atomic mass is 9.84. The van der Waals surface area contributed by atoms with Gasteiger partial charge in [0.1, 0.15) is 0 Å². The zero-order valence-corrected chi connectivity index (χ0v) is 15.5. The second-order valence-electron chi connectivity index (χ2n) is 5.34. The van der Waals surface area contributed by atoms with Gasteiger partial charge in [-0.15, -0.1) is 4.39 Å². The maximum absolute atomic E-state index is 12.2. The molecule has 1 fully saturated rings. The van der Waals surface area contributed by atoms with Crippen LogP contribution in [0.2, 0.25) is 0 Å². The minimum absolute atomic E-state index is 0.0305. The highest BCUT2D eigenvalue weighted by Crippen LogP contribution is 2.61. The fraction of sp³-hybridized carbons (Fsp3) is 0.917. The van der Waals surface area contributed by atoms with Gasteiger partial charge >= 0.3 is 6.16 Å². The van der Waals surface area contributed by atoms with E-state index in [0.29, 0.717) is 13.2 Å². The highest BCUT2D eigenvalue weighted by molar-refractivity contribution is 8.15. The number of hydrogen-bond donors (Lipinski definition) is 1. The molecule has 124 valence electrons. The Morgan fingerprint density at radius 3 is 2.33 bits per heavy atom. The van der Waals surface area contributed by atoms with Crippen molar-refractivity contribution in [1.29, 1.82) is 0 Å². The van der Waals surface area contributed by atoms with E-state index in [1.807, 2.05) is 17.9 Å². The molecule has 21 heavy (non-hydrogen) atoms. The molecule has 1 saturated heterocycles. The molecule has 0 spiro atoms. The summed E-state index contributed by atoms with van der Waals surface area (Å²) < 4.78 is 26.0. The first kappa shape index (κ1) is 19.3. The molecule has 1 rings (SSSR count). The largest absolute Gasteiger partial charge is 0.398 e. The van der Waals surface area contributed by atoms with Gasteiger partial charge in [0.25, 0.3) is 6.64 Å². The van der Waals surface area contributed by atoms with Crippen molar-refractivity contribution < 1.29 is 18.2 Å². The number of amides is 1. The van der Waals surface area contributed by atoms with Crippen molar-refractivity contribution in [2.45, 2.75) is 46.6 Å². The molecule has 1 heterocycles. The molecule has 1 aliphatic heterocycles. The SMILES string of the molecule is CCC1(CC)COP(=S)(N(SCNC(=O)F)C(C)C)OC1. The second-order valence-corrected chi connectivity index (χ2v) is 9.82. The molecule has 0 aliphatic carbocycles. The maximum Gasteiger partial charge on any atom is 0.398 e. The van der Waals surface area contributed by atoms with Crippen molar-refractivity contribution in [2.24, 2.45) is 5.41 Å². The summed E-state index contributed by atoms with van der Waals surface area (Å²) in [5.74, 6) is 0.103. The standard InChI is InChI=1S/C12H24FN2O3PS2/c1-5-12(6-2)7-17-19(20,18-8-12)15(10(3)4)21-9-14-11(13)16/h10H,5-9H2,1-4H3,(H,14,16). The summed E-state index contributed by atoms with van der Waals surface area (Å²) >= 11 is 6.83. The summed E-state index contributed by atoms with van der Waals surface area (Å²) in [4.78, 5) is 10.3. The van der Waals surface area contributed by atoms with Crippen LogP contribution in [0.15, 0.2) is 0 Å². The van der Waals surface area contributed by atoms with Crippen molar-refractivity contribution in [1.82, 2.24) is 9.39 Å². The van der Waals surface area contributed by atoms with E-state index in [4.69, 9.17) is 20.9 Å². The smallest absolute Gasteiger partial charge is 0.318 e. The summed E-state index contributed by atoms with van der Waals surface area (Å²) in [7, 11) is 0. The highest BCUT2D eigenvalue weighted by Gasteiger charge is 2.42. The third-order valence-corrected chi connectivity index (χ3v) is 8.94. The molecule has 5 nitrogen and oxygen atoms in total. The summed E-state index contributed by atoms with van der Waals surface area (Å²) in [6.45, 7) is 6.74. The Bertz CT molecular complexity index is 394. The predicted octanol–water partition coefficient (Wildman–Crippen LogP) is 4.06. The Hall–Kier alpha value is 0.280. The van der Waals surface area contributed by atoms with Gasteiger partial charge in [-0.2, -0.15) is 4.08 Å². The number of nitrogens with one attached hydrogen (secondary N) is 1. The van der Waals surface area contributed by atoms with Gasteiger partial charge in [0, 0.05) is 11.5 Å². The molecule has 0 unspecified atom stereocenters. The number of halogens is 1. The molecule has 0 atom stereocenters. The van der Waals surface area contributed by atoms with E-state index in [9.17, 15) is 9.18 Å². The number of carbonyl (C=O) groups is 1. The minimum atomic E-state index is -2.59. The normalized spacial score (nSPS) is 20.7. The minimum Gasteiger partial charge on any atom is -0.318 e. The second kappa shape index (κ2) is 8.22. The molecule has 1 amide bonds. The van der Waals surface area contributed by atoms with Crippen LogP contribution in [-0.4, -0.2) is 35.4 Å². The topological polar surface area (TPSA) is 50.8 Å². The molecule has 0 aromatic rings. The van der Waals surface area contributed by atoms with Crippen molar-refractivity contribution >= 4 is 36.6 Å². The molecule has 1 aliphatic rings. The van der Waals surface area contributed by atoms with Crippen LogP contribution >= 0.6 is 18.6 Å². The fourth-order valence-electron chi connectivity index (χ4n) is 1.95. The summed E-state index contributed by atoms with van der Waals surface area (Å²) in [6.07, 6.45) is 0.404. The molecular weight excluding hydrogens is 334 g/mol. The molecule has 9 heteroatoms. The molecular formula is C12H24FN2O3PS2. The predicted molar refractivity (Wildman–Crippen MR) is 88.3 cm³/mol. The highest BCUT2D eigenvalue weighted by atomic mass is 32.5. The van der Waals surface area contributed by atoms with E-state index in [2.05, 4.69) is 19.2 Å². The van der Waals surface area contributed by atoms with Crippen LogP contribution < -0.4 is 5.32 Å². The Morgan fingerprint density at radius 2 is 1.95 bits per heavy atom. The average molecular weight is 358 g/mol. The monoisotopic (exact) mass is 358 g/mol. The van der Waals surface area contributed by atoms with Crippen LogP contribution in [0.3, 0.4) is 0 Å². The summed E-state index contributed by atoms with van der Waals surface area (Å²) in [5, 5.41) is 2.10. The van der Waals surface area contributed by atoms with Gasteiger partial charge < -0.3 is 14.4 Å². The van der Waals surface area contributed by atoms with Crippen molar-refractivity contribution in [3.8, 4) is 0 Å². The lowest BCUT2D eigenvalue weighted by molar-refractivity contribution is 0.0178. The van der Waals surface area contributed by atoms with Gasteiger partial charge in [-0.1, -0.05) is 13.8 Å². The van der Waals surface area contributed by atoms with Crippen LogP contribution in [0.4, 0.5) is 9.18 Å². The van der Waals surface area contributed by atoms with Crippen molar-refractivity contribution in [3.63, 3.8) is 0 Å². The Morgan fingerprint density at radius 1 is 1.43 bits per heavy atom. The van der Waals surface area contributed by atoms with Crippen LogP contribution in [0.5, 0.6) is 0 Å². The van der Waals surface area contributed by atoms with E-state index in [-0.39, 0.29) is 17.3 Å². The van der Waals surface area contributed by atoms with Gasteiger partial charge in [0.2, 0.25) is 0 Å². The van der Waals surface area contributed by atoms with Crippen LogP contribution in [-0.2, 0) is 20.9 Å². The molecule has 1 N–H and O–H groups in total. The number of rotatable bonds is 7. The third kappa shape index (κ3) is 5.15. The quantitative estimate of drug-likeness (QED) is 0.243. The summed E-state index contributed by atoms with van der Waals surface area (Å²) in [5.41, 5.74) is 0.0305. The first-order valence-corrected chi connectivity index (χ1v) is 10.6. The Balaban J connectivity index is 2.70. The van der Waals surface area contributed by atoms with Crippen molar-refractivity contribution in [2.75, 3.05) is 19.1 Å². The van der Waals surface area contributed by atoms with Gasteiger partial charge in [0.15, 0.2) is 0 Å². The number of hydrogen-bond acceptors (Lipinski definition) is 5. The zero-order valence-electron chi connectivity index (χ0n) is 12.9. The molecule has 0 saturated carbocycles. The van der Waals surface area contributed by atoms with Crippen molar-refractivity contribution in [3.05, 3.63) is 0 Å². The van der Waals surface area contributed by atoms with E-state index in [1.54, 1.807) is 0 Å². The van der Waals surface area contributed by atoms with Crippen LogP contribution in [0, 0.1) is 5.41 Å². The molecule has 0 bridgehead atoms. The zero-order chi connectivity index (χ0) is 16.1. The lowest BCUT2D eigenvalue weighted by Gasteiger charge is -2.44. The van der Waals surface area contributed by atoms with Gasteiger partial charge in [-0.3, -0.25) is 0 Å². The van der Waals surface area contributed by atoms with E-state index in [1.165, 1.54) is 11.9 Å². The fourth-order valence-corrected chi connectivity index (χ4v) is 6.62. The number of nitrogens with zero attached hydrogens (tertiary/aromatic N) is 1. The van der Waals surface area contributed by atoms with Gasteiger partial charge in [0.05, 0.1) is 19.1 Å². The molecule has 0 radical (unpaired) electrons. The van der Waals surface area contributed by atoms with Crippen LogP contribution in [0.1, 0.15) is 40.5 Å². The maximum atomic E-state index is 12.2. The van der Waals surface area contributed by atoms with Crippen LogP contribution in [0.25, 0.3) is 0 Å². The van der Waals surface area contributed by atoms with E-state index >= 15 is 0 Å². The molecule has 0 aromatic carbocycles. The first-order chi connectivity index (χ1) is 9.78. The first-order valence-electron chi connectivity index (χ1n) is 7.03. The van der Waals surface area contributed by atoms with E-state index < -0.39 is 12.8 Å². The lowest BCUT2D eigenvalue weighted by Crippen LogP contribution is -2.38. The molecule has 0 aromatic heterocycles. The summed E-state index contributed by atoms with van der Waals surface area (Å²) in [6, 6.07) is 0.0631. The average Bonchev–Trinajstić information content (AvgIpc) is 2.44. The number of carbonyl (C=O) groups excluding carboxylic acids is 1. The van der Waals surface area contributed by atoms with Gasteiger partial charge in [-0.05, 0) is 50.4 Å².